The van der Waals surface area contributed by atoms with Crippen molar-refractivity contribution >= 4 is 29.8 Å². The van der Waals surface area contributed by atoms with E-state index in [0.29, 0.717) is 5.69 Å². The second-order valence-corrected chi connectivity index (χ2v) is 13.3. The van der Waals surface area contributed by atoms with Crippen molar-refractivity contribution in [3.63, 3.8) is 0 Å². The largest absolute Gasteiger partial charge is 0.458 e. The summed E-state index contributed by atoms with van der Waals surface area (Å²) in [6, 6.07) is 48.7. The van der Waals surface area contributed by atoms with Crippen molar-refractivity contribution in [3.05, 3.63) is 222 Å². The van der Waals surface area contributed by atoms with Crippen molar-refractivity contribution in [2.24, 2.45) is 0 Å². The summed E-state index contributed by atoms with van der Waals surface area (Å²) in [6.45, 7) is -0.728. The molecular formula is C48H37N3O10. The lowest BCUT2D eigenvalue weighted by Crippen LogP contribution is -2.51. The van der Waals surface area contributed by atoms with Crippen LogP contribution in [0.15, 0.2) is 188 Å². The van der Waals surface area contributed by atoms with E-state index in [1.54, 1.807) is 115 Å². The van der Waals surface area contributed by atoms with Crippen molar-refractivity contribution in [1.82, 2.24) is 15.0 Å². The molecule has 304 valence electrons. The van der Waals surface area contributed by atoms with Crippen LogP contribution in [0.2, 0.25) is 0 Å². The molecule has 13 heteroatoms. The zero-order valence-corrected chi connectivity index (χ0v) is 32.3. The quantitative estimate of drug-likeness (QED) is 0.0691. The molecule has 13 nitrogen and oxygen atoms in total. The van der Waals surface area contributed by atoms with Gasteiger partial charge in [-0.25, -0.2) is 24.0 Å². The van der Waals surface area contributed by atoms with Gasteiger partial charge >= 0.3 is 29.8 Å². The predicted molar refractivity (Wildman–Crippen MR) is 220 cm³/mol. The highest BCUT2D eigenvalue weighted by Gasteiger charge is 2.47. The Balaban J connectivity index is 1.39. The van der Waals surface area contributed by atoms with Crippen LogP contribution in [-0.4, -0.2) is 69.8 Å². The minimum atomic E-state index is -1.87. The molecule has 0 aliphatic carbocycles. The van der Waals surface area contributed by atoms with Gasteiger partial charge in [-0.2, -0.15) is 9.90 Å². The molecule has 0 amide bonds. The van der Waals surface area contributed by atoms with Gasteiger partial charge in [0.2, 0.25) is 0 Å². The molecule has 1 aromatic heterocycles. The molecular weight excluding hydrogens is 779 g/mol. The number of carbonyl (C=O) groups excluding carboxylic acids is 5. The molecule has 61 heavy (non-hydrogen) atoms. The maximum atomic E-state index is 14.2. The summed E-state index contributed by atoms with van der Waals surface area (Å²) >= 11 is 0. The molecule has 0 saturated heterocycles. The van der Waals surface area contributed by atoms with Crippen molar-refractivity contribution in [2.75, 3.05) is 6.61 Å². The van der Waals surface area contributed by atoms with Crippen LogP contribution in [-0.2, 0) is 23.7 Å². The number of esters is 5. The smallest absolute Gasteiger partial charge is 0.338 e. The first-order valence-corrected chi connectivity index (χ1v) is 19.1. The van der Waals surface area contributed by atoms with Gasteiger partial charge in [0, 0.05) is 0 Å². The van der Waals surface area contributed by atoms with Gasteiger partial charge in [-0.3, -0.25) is 0 Å². The number of hydrogen-bond donors (Lipinski definition) is 0. The van der Waals surface area contributed by atoms with Crippen LogP contribution >= 0.6 is 0 Å². The van der Waals surface area contributed by atoms with E-state index in [1.165, 1.54) is 71.7 Å². The van der Waals surface area contributed by atoms with E-state index in [9.17, 15) is 24.0 Å². The van der Waals surface area contributed by atoms with Gasteiger partial charge < -0.3 is 23.7 Å². The highest BCUT2D eigenvalue weighted by molar-refractivity contribution is 5.92. The van der Waals surface area contributed by atoms with E-state index in [4.69, 9.17) is 23.7 Å². The molecule has 4 unspecified atom stereocenters. The van der Waals surface area contributed by atoms with E-state index < -0.39 is 60.9 Å². The zero-order chi connectivity index (χ0) is 42.4. The summed E-state index contributed by atoms with van der Waals surface area (Å²) < 4.78 is 30.5. The number of nitrogens with zero attached hydrogens (tertiary/aromatic N) is 3. The molecule has 0 saturated carbocycles. The third kappa shape index (κ3) is 10.7. The maximum Gasteiger partial charge on any atom is 0.338 e. The molecule has 7 rings (SSSR count). The van der Waals surface area contributed by atoms with Crippen molar-refractivity contribution in [1.29, 1.82) is 0 Å². The summed E-state index contributed by atoms with van der Waals surface area (Å²) in [5.74, 6) is -4.45. The molecule has 0 bridgehead atoms. The minimum Gasteiger partial charge on any atom is -0.458 e. The van der Waals surface area contributed by atoms with Crippen LogP contribution in [0, 0.1) is 0 Å². The first kappa shape index (κ1) is 41.0. The molecule has 6 aromatic carbocycles. The number of para-hydroxylation sites is 1. The van der Waals surface area contributed by atoms with Gasteiger partial charge in [-0.1, -0.05) is 109 Å². The zero-order valence-electron chi connectivity index (χ0n) is 32.3. The first-order valence-electron chi connectivity index (χ1n) is 19.1. The molecule has 0 N–H and O–H groups in total. The van der Waals surface area contributed by atoms with Gasteiger partial charge in [-0.15, -0.1) is 5.10 Å². The van der Waals surface area contributed by atoms with Crippen LogP contribution in [0.25, 0.3) is 5.69 Å². The lowest BCUT2D eigenvalue weighted by Gasteiger charge is -2.35. The molecule has 0 aliphatic rings. The number of aromatic nitrogens is 3. The van der Waals surface area contributed by atoms with Crippen molar-refractivity contribution < 1.29 is 47.7 Å². The van der Waals surface area contributed by atoms with Crippen LogP contribution < -0.4 is 0 Å². The van der Waals surface area contributed by atoms with Crippen LogP contribution in [0.1, 0.15) is 63.6 Å². The van der Waals surface area contributed by atoms with Gasteiger partial charge in [0.05, 0.1) is 39.7 Å². The summed E-state index contributed by atoms with van der Waals surface area (Å²) in [4.78, 5) is 71.1. The third-order valence-electron chi connectivity index (χ3n) is 9.18. The molecule has 1 heterocycles. The second kappa shape index (κ2) is 20.0. The van der Waals surface area contributed by atoms with E-state index in [2.05, 4.69) is 10.2 Å². The fourth-order valence-corrected chi connectivity index (χ4v) is 6.12. The Morgan fingerprint density at radius 1 is 0.426 bits per heavy atom. The van der Waals surface area contributed by atoms with Gasteiger partial charge in [0.15, 0.2) is 24.4 Å². The van der Waals surface area contributed by atoms with Gasteiger partial charge in [-0.05, 0) is 72.8 Å². The molecule has 0 spiro atoms. The number of rotatable bonds is 16. The average Bonchev–Trinajstić information content (AvgIpc) is 3.82. The van der Waals surface area contributed by atoms with E-state index in [0.717, 1.165) is 0 Å². The average molecular weight is 816 g/mol. The third-order valence-corrected chi connectivity index (χ3v) is 9.18. The van der Waals surface area contributed by atoms with Crippen LogP contribution in [0.3, 0.4) is 0 Å². The first-order chi connectivity index (χ1) is 29.8. The monoisotopic (exact) mass is 815 g/mol. The highest BCUT2D eigenvalue weighted by Crippen LogP contribution is 2.32. The molecule has 4 atom stereocenters. The summed E-state index contributed by atoms with van der Waals surface area (Å²) in [6.07, 6.45) is -5.86. The number of hydrogen-bond acceptors (Lipinski definition) is 12. The molecule has 0 aliphatic heterocycles. The van der Waals surface area contributed by atoms with Crippen LogP contribution in [0.4, 0.5) is 0 Å². The fraction of sp³-hybridized carbons (Fsp3) is 0.104. The summed E-state index contributed by atoms with van der Waals surface area (Å²) in [7, 11) is 0. The van der Waals surface area contributed by atoms with E-state index in [-0.39, 0.29) is 33.5 Å². The van der Waals surface area contributed by atoms with Crippen molar-refractivity contribution in [3.8, 4) is 5.69 Å². The molecule has 0 radical (unpaired) electrons. The number of benzene rings is 6. The molecule has 0 fully saturated rings. The Morgan fingerprint density at radius 3 is 1.23 bits per heavy atom. The Labute approximate surface area is 350 Å². The highest BCUT2D eigenvalue weighted by atomic mass is 16.6. The summed E-state index contributed by atoms with van der Waals surface area (Å²) in [5, 5.41) is 9.05. The minimum absolute atomic E-state index is 0.0471. The standard InChI is InChI=1S/C48H37N3O10/c52-44(33-19-7-1-8-20-33)57-32-40(58-45(53)34-21-9-2-10-22-34)42(60-47(55)36-25-13-4-14-26-36)43(61-48(56)37-27-15-5-16-28-37)41(59-46(54)35-23-11-3-12-24-35)39-31-49-51(50-39)38-29-17-6-18-30-38/h1-31,40-43H,32H2. The second-order valence-electron chi connectivity index (χ2n) is 13.3. The number of ether oxygens (including phenoxy) is 5. The topological polar surface area (TPSA) is 162 Å². The summed E-state index contributed by atoms with van der Waals surface area (Å²) in [5.41, 5.74) is 1.04. The predicted octanol–water partition coefficient (Wildman–Crippen LogP) is 7.70. The van der Waals surface area contributed by atoms with Gasteiger partial charge in [0.1, 0.15) is 12.3 Å². The number of carbonyl (C=O) groups is 5. The Hall–Kier alpha value is -8.19. The Morgan fingerprint density at radius 2 is 0.787 bits per heavy atom. The van der Waals surface area contributed by atoms with Crippen LogP contribution in [0.5, 0.6) is 0 Å². The fourth-order valence-electron chi connectivity index (χ4n) is 6.12. The van der Waals surface area contributed by atoms with Crippen molar-refractivity contribution in [2.45, 2.75) is 24.4 Å². The normalized spacial score (nSPS) is 12.7. The SMILES string of the molecule is O=C(OCC(OC(=O)c1ccccc1)C(OC(=O)c1ccccc1)C(OC(=O)c1ccccc1)C(OC(=O)c1ccccc1)c1cnn(-c2ccccc2)n1)c1ccccc1. The Kier molecular flexibility index (Phi) is 13.4. The lowest BCUT2D eigenvalue weighted by molar-refractivity contribution is -0.133. The maximum absolute atomic E-state index is 14.2. The van der Waals surface area contributed by atoms with E-state index in [1.807, 2.05) is 6.07 Å². The Bertz CT molecular complexity index is 2540. The van der Waals surface area contributed by atoms with E-state index >= 15 is 0 Å². The molecule has 7 aromatic rings. The lowest BCUT2D eigenvalue weighted by atomic mass is 9.99. The van der Waals surface area contributed by atoms with Gasteiger partial charge in [0.25, 0.3) is 0 Å².